The van der Waals surface area contributed by atoms with Gasteiger partial charge in [0.25, 0.3) is 0 Å². The van der Waals surface area contributed by atoms with E-state index in [-0.39, 0.29) is 17.7 Å². The molecule has 2 aliphatic heterocycles. The molecule has 0 radical (unpaired) electrons. The quantitative estimate of drug-likeness (QED) is 0.711. The summed E-state index contributed by atoms with van der Waals surface area (Å²) in [5.41, 5.74) is 7.41. The van der Waals surface area contributed by atoms with Crippen LogP contribution in [0, 0.1) is 0 Å². The zero-order valence-electron chi connectivity index (χ0n) is 9.14. The van der Waals surface area contributed by atoms with Crippen LogP contribution in [-0.2, 0) is 16.9 Å². The number of rotatable bonds is 0. The van der Waals surface area contributed by atoms with Gasteiger partial charge in [-0.05, 0) is 18.1 Å². The van der Waals surface area contributed by atoms with E-state index >= 15 is 0 Å². The lowest BCUT2D eigenvalue weighted by atomic mass is 9.78. The third-order valence-corrected chi connectivity index (χ3v) is 3.79. The molecule has 0 saturated carbocycles. The molecule has 2 unspecified atom stereocenters. The Morgan fingerprint density at radius 3 is 3.00 bits per heavy atom. The molecular weight excluding hydrogens is 204 g/mol. The molecule has 0 bridgehead atoms. The van der Waals surface area contributed by atoms with E-state index < -0.39 is 0 Å². The van der Waals surface area contributed by atoms with Crippen molar-refractivity contribution in [3.05, 3.63) is 35.4 Å². The first-order valence-electron chi connectivity index (χ1n) is 5.43. The molecule has 2 amide bonds. The van der Waals surface area contributed by atoms with E-state index in [0.717, 1.165) is 0 Å². The van der Waals surface area contributed by atoms with Gasteiger partial charge in [0, 0.05) is 0 Å². The van der Waals surface area contributed by atoms with Gasteiger partial charge >= 0.3 is 6.03 Å². The van der Waals surface area contributed by atoms with E-state index in [9.17, 15) is 4.79 Å². The van der Waals surface area contributed by atoms with Gasteiger partial charge in [-0.2, -0.15) is 0 Å². The molecule has 1 aromatic carbocycles. The lowest BCUT2D eigenvalue weighted by molar-refractivity contribution is -0.161. The number of hydrogen-bond donors (Lipinski definition) is 1. The van der Waals surface area contributed by atoms with Crippen molar-refractivity contribution in [2.24, 2.45) is 5.73 Å². The van der Waals surface area contributed by atoms with Crippen molar-refractivity contribution in [3.63, 3.8) is 0 Å². The molecule has 4 heteroatoms. The third kappa shape index (κ3) is 0.998. The van der Waals surface area contributed by atoms with Crippen LogP contribution in [0.15, 0.2) is 24.3 Å². The van der Waals surface area contributed by atoms with E-state index in [0.29, 0.717) is 13.2 Å². The lowest BCUT2D eigenvalue weighted by Gasteiger charge is -2.53. The molecule has 4 nitrogen and oxygen atoms in total. The molecule has 0 aliphatic carbocycles. The number of benzene rings is 1. The van der Waals surface area contributed by atoms with Crippen molar-refractivity contribution in [2.45, 2.75) is 25.2 Å². The van der Waals surface area contributed by atoms with Crippen molar-refractivity contribution in [1.29, 1.82) is 0 Å². The van der Waals surface area contributed by atoms with Gasteiger partial charge in [0.1, 0.15) is 5.60 Å². The molecular formula is C12H14N2O2. The maximum Gasteiger partial charge on any atom is 0.315 e. The van der Waals surface area contributed by atoms with Gasteiger partial charge in [0.05, 0.1) is 19.2 Å². The fourth-order valence-corrected chi connectivity index (χ4v) is 2.75. The number of urea groups is 1. The molecule has 2 aliphatic rings. The molecule has 16 heavy (non-hydrogen) atoms. The number of likely N-dealkylation sites (tertiary alicyclic amines) is 1. The number of primary amides is 1. The topological polar surface area (TPSA) is 55.6 Å². The molecule has 1 spiro atoms. The predicted molar refractivity (Wildman–Crippen MR) is 58.7 cm³/mol. The number of hydrogen-bond acceptors (Lipinski definition) is 2. The maximum atomic E-state index is 11.1. The number of carbonyl (C=O) groups is 1. The van der Waals surface area contributed by atoms with Gasteiger partial charge in [-0.3, -0.25) is 0 Å². The van der Waals surface area contributed by atoms with Crippen molar-refractivity contribution in [1.82, 2.24) is 4.90 Å². The number of fused-ring (bicyclic) bond motifs is 2. The van der Waals surface area contributed by atoms with E-state index in [4.69, 9.17) is 10.5 Å². The second-order valence-corrected chi connectivity index (χ2v) is 4.48. The number of nitrogens with two attached hydrogens (primary N) is 1. The molecule has 2 N–H and O–H groups in total. The highest BCUT2D eigenvalue weighted by atomic mass is 16.5. The smallest absolute Gasteiger partial charge is 0.315 e. The summed E-state index contributed by atoms with van der Waals surface area (Å²) in [6, 6.07) is 7.83. The summed E-state index contributed by atoms with van der Waals surface area (Å²) in [6.07, 6.45) is 0. The van der Waals surface area contributed by atoms with Crippen molar-refractivity contribution in [3.8, 4) is 0 Å². The number of ether oxygens (including phenoxy) is 1. The Morgan fingerprint density at radius 2 is 2.31 bits per heavy atom. The Kier molecular flexibility index (Phi) is 1.80. The molecule has 1 fully saturated rings. The van der Waals surface area contributed by atoms with Gasteiger partial charge in [0.2, 0.25) is 0 Å². The molecule has 1 saturated heterocycles. The second-order valence-electron chi connectivity index (χ2n) is 4.48. The average molecular weight is 218 g/mol. The molecule has 84 valence electrons. The van der Waals surface area contributed by atoms with E-state index in [2.05, 4.69) is 12.1 Å². The van der Waals surface area contributed by atoms with Crippen LogP contribution in [0.1, 0.15) is 18.1 Å². The summed E-state index contributed by atoms with van der Waals surface area (Å²) in [7, 11) is 0. The first-order chi connectivity index (χ1) is 7.65. The van der Waals surface area contributed by atoms with Crippen LogP contribution in [0.5, 0.6) is 0 Å². The normalized spacial score (nSPS) is 31.3. The van der Waals surface area contributed by atoms with Gasteiger partial charge < -0.3 is 15.4 Å². The fraction of sp³-hybridized carbons (Fsp3) is 0.417. The average Bonchev–Trinajstić information content (AvgIpc) is 2.67. The molecule has 1 aromatic rings. The van der Waals surface area contributed by atoms with Crippen LogP contribution in [0.25, 0.3) is 0 Å². The number of nitrogens with zero attached hydrogens (tertiary/aromatic N) is 1. The Labute approximate surface area is 94.0 Å². The van der Waals surface area contributed by atoms with Gasteiger partial charge in [-0.15, -0.1) is 0 Å². The first kappa shape index (κ1) is 9.66. The van der Waals surface area contributed by atoms with Crippen LogP contribution < -0.4 is 5.73 Å². The largest absolute Gasteiger partial charge is 0.362 e. The fourth-order valence-electron chi connectivity index (χ4n) is 2.75. The van der Waals surface area contributed by atoms with Gasteiger partial charge in [-0.1, -0.05) is 24.3 Å². The summed E-state index contributed by atoms with van der Waals surface area (Å²) < 4.78 is 5.89. The zero-order chi connectivity index (χ0) is 11.3. The summed E-state index contributed by atoms with van der Waals surface area (Å²) >= 11 is 0. The van der Waals surface area contributed by atoms with E-state index in [1.54, 1.807) is 4.90 Å². The third-order valence-electron chi connectivity index (χ3n) is 3.79. The molecule has 3 rings (SSSR count). The lowest BCUT2D eigenvalue weighted by Crippen LogP contribution is -2.68. The molecule has 0 aromatic heterocycles. The molecule has 2 atom stereocenters. The maximum absolute atomic E-state index is 11.1. The number of carbonyl (C=O) groups excluding carboxylic acids is 1. The highest BCUT2D eigenvalue weighted by Gasteiger charge is 2.57. The first-order valence-corrected chi connectivity index (χ1v) is 5.43. The van der Waals surface area contributed by atoms with E-state index in [1.807, 2.05) is 19.1 Å². The Morgan fingerprint density at radius 1 is 1.56 bits per heavy atom. The summed E-state index contributed by atoms with van der Waals surface area (Å²) in [4.78, 5) is 12.8. The van der Waals surface area contributed by atoms with E-state index in [1.165, 1.54) is 11.1 Å². The van der Waals surface area contributed by atoms with Crippen LogP contribution in [-0.4, -0.2) is 23.5 Å². The SMILES string of the molecule is CC1N(C(N)=O)CC12OCc1ccccc12. The van der Waals surface area contributed by atoms with Gasteiger partial charge in [0.15, 0.2) is 0 Å². The monoisotopic (exact) mass is 218 g/mol. The van der Waals surface area contributed by atoms with Crippen molar-refractivity contribution >= 4 is 6.03 Å². The highest BCUT2D eigenvalue weighted by Crippen LogP contribution is 2.47. The summed E-state index contributed by atoms with van der Waals surface area (Å²) in [6.45, 7) is 3.18. The minimum absolute atomic E-state index is 0.0219. The Hall–Kier alpha value is -1.55. The summed E-state index contributed by atoms with van der Waals surface area (Å²) in [5, 5.41) is 0. The van der Waals surface area contributed by atoms with Crippen LogP contribution in [0.4, 0.5) is 4.79 Å². The van der Waals surface area contributed by atoms with Crippen LogP contribution >= 0.6 is 0 Å². The zero-order valence-corrected chi connectivity index (χ0v) is 9.14. The van der Waals surface area contributed by atoms with Crippen molar-refractivity contribution < 1.29 is 9.53 Å². The molecule has 2 heterocycles. The van der Waals surface area contributed by atoms with Gasteiger partial charge in [-0.25, -0.2) is 4.79 Å². The van der Waals surface area contributed by atoms with Crippen LogP contribution in [0.3, 0.4) is 0 Å². The summed E-state index contributed by atoms with van der Waals surface area (Å²) in [5.74, 6) is 0. The number of amides is 2. The Bertz CT molecular complexity index is 460. The minimum Gasteiger partial charge on any atom is -0.362 e. The second kappa shape index (κ2) is 2.98. The standard InChI is InChI=1S/C12H14N2O2/c1-8-12(7-14(8)11(13)15)10-5-3-2-4-9(10)6-16-12/h2-5,8H,6-7H2,1H3,(H2,13,15). The predicted octanol–water partition coefficient (Wildman–Crippen LogP) is 1.19. The minimum atomic E-state index is -0.369. The van der Waals surface area contributed by atoms with Crippen LogP contribution in [0.2, 0.25) is 0 Å². The Balaban J connectivity index is 1.97. The van der Waals surface area contributed by atoms with Crippen molar-refractivity contribution in [2.75, 3.05) is 6.54 Å². The highest BCUT2D eigenvalue weighted by molar-refractivity contribution is 5.74.